The maximum Gasteiger partial charge on any atom is 0.337 e. The molecule has 4 rings (SSSR count). The van der Waals surface area contributed by atoms with E-state index >= 15 is 0 Å². The molecule has 3 aromatic rings. The Morgan fingerprint density at radius 3 is 2.83 bits per heavy atom. The molecule has 2 aromatic carbocycles. The molecule has 0 radical (unpaired) electrons. The fourth-order valence-corrected chi connectivity index (χ4v) is 3.63. The first-order valence-corrected chi connectivity index (χ1v) is 9.69. The lowest BCUT2D eigenvalue weighted by atomic mass is 10.2. The number of hydrogen-bond donors (Lipinski definition) is 1. The summed E-state index contributed by atoms with van der Waals surface area (Å²) in [5.74, 6) is 0.177. The number of rotatable bonds is 6. The van der Waals surface area contributed by atoms with Gasteiger partial charge in [0.2, 0.25) is 0 Å². The Labute approximate surface area is 172 Å². The molecule has 0 saturated carbocycles. The van der Waals surface area contributed by atoms with E-state index in [0.717, 1.165) is 5.56 Å². The van der Waals surface area contributed by atoms with Gasteiger partial charge in [0.1, 0.15) is 24.7 Å². The van der Waals surface area contributed by atoms with Crippen LogP contribution in [0.15, 0.2) is 42.5 Å². The number of fused-ring (bicyclic) bond motifs is 1. The standard InChI is InChI=1S/C21H21ClFN3O3/c1-28-21(27)14-4-7-17-18(8-14)25-20(24-17)12-29-19-11-26(10-16(19)23)9-13-2-5-15(22)6-3-13/h2-8,16,19H,9-12H2,1H3,(H,24,25)/t16-,19+/m1/s1. The van der Waals surface area contributed by atoms with E-state index in [4.69, 9.17) is 21.1 Å². The number of hydrogen-bond acceptors (Lipinski definition) is 5. The number of carbonyl (C=O) groups excluding carboxylic acids is 1. The second-order valence-corrected chi connectivity index (χ2v) is 7.53. The number of aromatic amines is 1. The zero-order valence-electron chi connectivity index (χ0n) is 15.9. The molecule has 2 heterocycles. The van der Waals surface area contributed by atoms with E-state index in [-0.39, 0.29) is 6.61 Å². The van der Waals surface area contributed by atoms with Gasteiger partial charge in [-0.15, -0.1) is 0 Å². The van der Waals surface area contributed by atoms with E-state index in [0.29, 0.717) is 47.1 Å². The van der Waals surface area contributed by atoms with Crippen molar-refractivity contribution in [1.82, 2.24) is 14.9 Å². The smallest absolute Gasteiger partial charge is 0.337 e. The zero-order chi connectivity index (χ0) is 20.4. The van der Waals surface area contributed by atoms with Crippen LogP contribution in [-0.2, 0) is 22.6 Å². The first kappa shape index (κ1) is 19.8. The van der Waals surface area contributed by atoms with E-state index in [2.05, 4.69) is 9.97 Å². The van der Waals surface area contributed by atoms with Gasteiger partial charge in [0.05, 0.1) is 23.7 Å². The van der Waals surface area contributed by atoms with Crippen molar-refractivity contribution in [3.05, 3.63) is 64.4 Å². The highest BCUT2D eigenvalue weighted by molar-refractivity contribution is 6.30. The topological polar surface area (TPSA) is 67.5 Å². The van der Waals surface area contributed by atoms with Gasteiger partial charge < -0.3 is 14.5 Å². The molecular weight excluding hydrogens is 397 g/mol. The van der Waals surface area contributed by atoms with Gasteiger partial charge in [0, 0.05) is 24.7 Å². The van der Waals surface area contributed by atoms with Crippen molar-refractivity contribution in [3.63, 3.8) is 0 Å². The molecule has 1 fully saturated rings. The molecule has 1 aliphatic rings. The number of halogens is 2. The number of nitrogens with zero attached hydrogens (tertiary/aromatic N) is 2. The number of ether oxygens (including phenoxy) is 2. The minimum Gasteiger partial charge on any atom is -0.465 e. The normalized spacial score (nSPS) is 19.7. The third kappa shape index (κ3) is 4.58. The van der Waals surface area contributed by atoms with Crippen LogP contribution in [-0.4, -0.2) is 53.3 Å². The Kier molecular flexibility index (Phi) is 5.80. The molecule has 6 nitrogen and oxygen atoms in total. The molecule has 0 bridgehead atoms. The molecule has 2 atom stereocenters. The van der Waals surface area contributed by atoms with Crippen molar-refractivity contribution >= 4 is 28.6 Å². The molecule has 0 amide bonds. The summed E-state index contributed by atoms with van der Waals surface area (Å²) in [5.41, 5.74) is 2.94. The van der Waals surface area contributed by atoms with E-state index in [9.17, 15) is 9.18 Å². The van der Waals surface area contributed by atoms with Crippen LogP contribution in [0.1, 0.15) is 21.7 Å². The fourth-order valence-electron chi connectivity index (χ4n) is 3.50. The van der Waals surface area contributed by atoms with Crippen LogP contribution in [0, 0.1) is 0 Å². The average molecular weight is 418 g/mol. The number of aromatic nitrogens is 2. The summed E-state index contributed by atoms with van der Waals surface area (Å²) in [6.07, 6.45) is -1.57. The predicted octanol–water partition coefficient (Wildman–Crippen LogP) is 3.74. The largest absolute Gasteiger partial charge is 0.465 e. The van der Waals surface area contributed by atoms with Crippen LogP contribution in [0.4, 0.5) is 4.39 Å². The van der Waals surface area contributed by atoms with Gasteiger partial charge >= 0.3 is 5.97 Å². The van der Waals surface area contributed by atoms with Gasteiger partial charge in [-0.2, -0.15) is 0 Å². The van der Waals surface area contributed by atoms with Crippen LogP contribution in [0.2, 0.25) is 5.02 Å². The van der Waals surface area contributed by atoms with E-state index in [1.807, 2.05) is 29.2 Å². The van der Waals surface area contributed by atoms with Crippen LogP contribution in [0.5, 0.6) is 0 Å². The van der Waals surface area contributed by atoms with Crippen molar-refractivity contribution in [2.45, 2.75) is 25.4 Å². The Bertz CT molecular complexity index is 1010. The van der Waals surface area contributed by atoms with Crippen molar-refractivity contribution in [2.24, 2.45) is 0 Å². The van der Waals surface area contributed by atoms with Gasteiger partial charge in [-0.3, -0.25) is 4.90 Å². The Morgan fingerprint density at radius 2 is 2.07 bits per heavy atom. The lowest BCUT2D eigenvalue weighted by molar-refractivity contribution is 0.00864. The summed E-state index contributed by atoms with van der Waals surface area (Å²) < 4.78 is 24.9. The van der Waals surface area contributed by atoms with E-state index in [1.165, 1.54) is 7.11 Å². The number of benzene rings is 2. The molecule has 1 aliphatic heterocycles. The van der Waals surface area contributed by atoms with Crippen molar-refractivity contribution in [3.8, 4) is 0 Å². The molecular formula is C21H21ClFN3O3. The van der Waals surface area contributed by atoms with Crippen LogP contribution in [0.3, 0.4) is 0 Å². The van der Waals surface area contributed by atoms with Crippen molar-refractivity contribution in [1.29, 1.82) is 0 Å². The van der Waals surface area contributed by atoms with Gasteiger partial charge in [0.25, 0.3) is 0 Å². The number of carbonyl (C=O) groups is 1. The summed E-state index contributed by atoms with van der Waals surface area (Å²) >= 11 is 5.91. The molecule has 1 N–H and O–H groups in total. The Hall–Kier alpha value is -2.48. The van der Waals surface area contributed by atoms with Crippen LogP contribution >= 0.6 is 11.6 Å². The first-order valence-electron chi connectivity index (χ1n) is 9.31. The maximum absolute atomic E-state index is 14.4. The average Bonchev–Trinajstić information content (AvgIpc) is 3.29. The number of methoxy groups -OCH3 is 1. The number of nitrogens with one attached hydrogen (secondary N) is 1. The first-order chi connectivity index (χ1) is 14.0. The Balaban J connectivity index is 1.36. The van der Waals surface area contributed by atoms with Crippen molar-refractivity contribution in [2.75, 3.05) is 20.2 Å². The SMILES string of the molecule is COC(=O)c1ccc2nc(CO[C@H]3CN(Cc4ccc(Cl)cc4)C[C@H]3F)[nH]c2c1. The maximum atomic E-state index is 14.4. The molecule has 0 aliphatic carbocycles. The predicted molar refractivity (Wildman–Crippen MR) is 108 cm³/mol. The summed E-state index contributed by atoms with van der Waals surface area (Å²) in [4.78, 5) is 21.2. The highest BCUT2D eigenvalue weighted by atomic mass is 35.5. The zero-order valence-corrected chi connectivity index (χ0v) is 16.7. The van der Waals surface area contributed by atoms with Gasteiger partial charge in [0.15, 0.2) is 0 Å². The number of likely N-dealkylation sites (tertiary alicyclic amines) is 1. The fraction of sp³-hybridized carbons (Fsp3) is 0.333. The van der Waals surface area contributed by atoms with Crippen LogP contribution in [0.25, 0.3) is 11.0 Å². The monoisotopic (exact) mass is 417 g/mol. The third-order valence-electron chi connectivity index (χ3n) is 4.98. The minimum absolute atomic E-state index is 0.169. The quantitative estimate of drug-likeness (QED) is 0.619. The van der Waals surface area contributed by atoms with E-state index in [1.54, 1.807) is 18.2 Å². The van der Waals surface area contributed by atoms with E-state index < -0.39 is 18.2 Å². The minimum atomic E-state index is -1.06. The second kappa shape index (κ2) is 8.49. The lowest BCUT2D eigenvalue weighted by Crippen LogP contribution is -2.24. The second-order valence-electron chi connectivity index (χ2n) is 7.09. The third-order valence-corrected chi connectivity index (χ3v) is 5.23. The number of imidazole rings is 1. The molecule has 1 saturated heterocycles. The molecule has 8 heteroatoms. The molecule has 29 heavy (non-hydrogen) atoms. The molecule has 152 valence electrons. The number of alkyl halides is 1. The van der Waals surface area contributed by atoms with Crippen molar-refractivity contribution < 1.29 is 18.7 Å². The summed E-state index contributed by atoms with van der Waals surface area (Å²) in [7, 11) is 1.34. The van der Waals surface area contributed by atoms with Gasteiger partial charge in [-0.1, -0.05) is 23.7 Å². The highest BCUT2D eigenvalue weighted by Crippen LogP contribution is 2.22. The van der Waals surface area contributed by atoms with Gasteiger partial charge in [-0.05, 0) is 35.9 Å². The Morgan fingerprint density at radius 1 is 1.28 bits per heavy atom. The lowest BCUT2D eigenvalue weighted by Gasteiger charge is -2.15. The number of esters is 1. The summed E-state index contributed by atoms with van der Waals surface area (Å²) in [6, 6.07) is 12.6. The molecule has 0 spiro atoms. The highest BCUT2D eigenvalue weighted by Gasteiger charge is 2.33. The van der Waals surface area contributed by atoms with Gasteiger partial charge in [-0.25, -0.2) is 14.2 Å². The summed E-state index contributed by atoms with van der Waals surface area (Å²) in [5, 5.41) is 0.685. The molecule has 0 unspecified atom stereocenters. The van der Waals surface area contributed by atoms with Crippen LogP contribution < -0.4 is 0 Å². The molecule has 1 aromatic heterocycles. The summed E-state index contributed by atoms with van der Waals surface area (Å²) in [6.45, 7) is 1.66. The number of H-pyrrole nitrogens is 1.